The smallest absolute Gasteiger partial charge is 0.331 e. The molecular weight excluding hydrogens is 224 g/mol. The van der Waals surface area contributed by atoms with Gasteiger partial charge < -0.3 is 19.7 Å². The van der Waals surface area contributed by atoms with Crippen LogP contribution in [0, 0.1) is 0 Å². The molecule has 1 aromatic carbocycles. The number of benzene rings is 1. The summed E-state index contributed by atoms with van der Waals surface area (Å²) >= 11 is 0. The van der Waals surface area contributed by atoms with Gasteiger partial charge in [0.2, 0.25) is 5.75 Å². The van der Waals surface area contributed by atoms with E-state index in [0.29, 0.717) is 5.56 Å². The quantitative estimate of drug-likeness (QED) is 0.783. The molecule has 0 saturated carbocycles. The van der Waals surface area contributed by atoms with Gasteiger partial charge in [0, 0.05) is 5.57 Å². The molecule has 0 bridgehead atoms. The molecule has 0 unspecified atom stereocenters. The van der Waals surface area contributed by atoms with Crippen molar-refractivity contribution < 1.29 is 24.5 Å². The van der Waals surface area contributed by atoms with E-state index in [-0.39, 0.29) is 22.8 Å². The minimum absolute atomic E-state index is 0.111. The molecular formula is C12H14O5. The van der Waals surface area contributed by atoms with Gasteiger partial charge in [0.05, 0.1) is 14.2 Å². The van der Waals surface area contributed by atoms with Crippen LogP contribution in [0.3, 0.4) is 0 Å². The second-order valence-electron chi connectivity index (χ2n) is 3.41. The number of hydrogen-bond acceptors (Lipinski definition) is 4. The summed E-state index contributed by atoms with van der Waals surface area (Å²) in [6, 6.07) is 3.06. The number of aromatic hydroxyl groups is 1. The summed E-state index contributed by atoms with van der Waals surface area (Å²) in [6.07, 6.45) is 1.47. The molecule has 0 spiro atoms. The van der Waals surface area contributed by atoms with Crippen LogP contribution in [0.5, 0.6) is 17.2 Å². The minimum atomic E-state index is -1.00. The number of phenolic OH excluding ortho intramolecular Hbond substituents is 1. The van der Waals surface area contributed by atoms with E-state index < -0.39 is 5.97 Å². The summed E-state index contributed by atoms with van der Waals surface area (Å²) in [5.41, 5.74) is 0.760. The van der Waals surface area contributed by atoms with Crippen LogP contribution in [0.25, 0.3) is 6.08 Å². The molecule has 92 valence electrons. The van der Waals surface area contributed by atoms with Crippen LogP contribution in [0.1, 0.15) is 12.5 Å². The zero-order valence-electron chi connectivity index (χ0n) is 9.85. The molecule has 0 heterocycles. The molecule has 0 atom stereocenters. The van der Waals surface area contributed by atoms with Gasteiger partial charge in [0.15, 0.2) is 11.5 Å². The first kappa shape index (κ1) is 12.9. The van der Waals surface area contributed by atoms with Crippen molar-refractivity contribution in [1.29, 1.82) is 0 Å². The van der Waals surface area contributed by atoms with Crippen molar-refractivity contribution in [3.05, 3.63) is 23.3 Å². The first-order chi connectivity index (χ1) is 7.99. The molecule has 0 aliphatic rings. The van der Waals surface area contributed by atoms with Gasteiger partial charge in [-0.25, -0.2) is 4.79 Å². The number of carbonyl (C=O) groups is 1. The third-order valence-corrected chi connectivity index (χ3v) is 2.22. The standard InChI is InChI=1S/C12H14O5/c1-7(12(14)15)4-8-5-9(16-2)11(13)10(6-8)17-3/h4-6,13H,1-3H3,(H,14,15)/b7-4+. The Bertz CT molecular complexity index is 437. The maximum absolute atomic E-state index is 10.7. The van der Waals surface area contributed by atoms with E-state index in [0.717, 1.165) is 0 Å². The average molecular weight is 238 g/mol. The summed E-state index contributed by atoms with van der Waals surface area (Å²) in [7, 11) is 2.82. The molecule has 1 rings (SSSR count). The number of carboxylic acids is 1. The van der Waals surface area contributed by atoms with Crippen LogP contribution in [0.4, 0.5) is 0 Å². The zero-order chi connectivity index (χ0) is 13.0. The molecule has 0 radical (unpaired) electrons. The number of aliphatic carboxylic acids is 1. The number of methoxy groups -OCH3 is 2. The van der Waals surface area contributed by atoms with Crippen LogP contribution in [-0.2, 0) is 4.79 Å². The highest BCUT2D eigenvalue weighted by molar-refractivity contribution is 5.91. The van der Waals surface area contributed by atoms with E-state index in [1.807, 2.05) is 0 Å². The molecule has 0 saturated heterocycles. The Morgan fingerprint density at radius 1 is 1.24 bits per heavy atom. The van der Waals surface area contributed by atoms with Gasteiger partial charge in [0.1, 0.15) is 0 Å². The van der Waals surface area contributed by atoms with E-state index in [1.165, 1.54) is 39.4 Å². The van der Waals surface area contributed by atoms with Crippen molar-refractivity contribution >= 4 is 12.0 Å². The fourth-order valence-electron chi connectivity index (χ4n) is 1.31. The van der Waals surface area contributed by atoms with Gasteiger partial charge in [-0.05, 0) is 30.7 Å². The zero-order valence-corrected chi connectivity index (χ0v) is 9.85. The minimum Gasteiger partial charge on any atom is -0.502 e. The summed E-state index contributed by atoms with van der Waals surface area (Å²) in [6.45, 7) is 1.48. The van der Waals surface area contributed by atoms with E-state index in [1.54, 1.807) is 0 Å². The highest BCUT2D eigenvalue weighted by atomic mass is 16.5. The number of phenols is 1. The molecule has 1 aromatic rings. The van der Waals surface area contributed by atoms with Crippen molar-refractivity contribution in [2.45, 2.75) is 6.92 Å². The average Bonchev–Trinajstić information content (AvgIpc) is 2.30. The third-order valence-electron chi connectivity index (χ3n) is 2.22. The summed E-state index contributed by atoms with van der Waals surface area (Å²) in [5.74, 6) is -0.654. The Balaban J connectivity index is 3.27. The third kappa shape index (κ3) is 2.90. The van der Waals surface area contributed by atoms with Crippen LogP contribution >= 0.6 is 0 Å². The highest BCUT2D eigenvalue weighted by Crippen LogP contribution is 2.37. The second-order valence-corrected chi connectivity index (χ2v) is 3.41. The van der Waals surface area contributed by atoms with Gasteiger partial charge in [-0.1, -0.05) is 0 Å². The maximum atomic E-state index is 10.7. The molecule has 0 aliphatic carbocycles. The van der Waals surface area contributed by atoms with E-state index in [9.17, 15) is 9.90 Å². The van der Waals surface area contributed by atoms with Gasteiger partial charge >= 0.3 is 5.97 Å². The van der Waals surface area contributed by atoms with Crippen LogP contribution in [0.15, 0.2) is 17.7 Å². The van der Waals surface area contributed by atoms with Crippen molar-refractivity contribution in [3.8, 4) is 17.2 Å². The number of rotatable bonds is 4. The Kier molecular flexibility index (Phi) is 3.98. The predicted octanol–water partition coefficient (Wildman–Crippen LogP) is 1.90. The van der Waals surface area contributed by atoms with Crippen molar-refractivity contribution in [2.75, 3.05) is 14.2 Å². The fourth-order valence-corrected chi connectivity index (χ4v) is 1.31. The fraction of sp³-hybridized carbons (Fsp3) is 0.250. The molecule has 5 heteroatoms. The van der Waals surface area contributed by atoms with Gasteiger partial charge in [-0.3, -0.25) is 0 Å². The maximum Gasteiger partial charge on any atom is 0.331 e. The molecule has 0 aliphatic heterocycles. The predicted molar refractivity (Wildman–Crippen MR) is 62.5 cm³/mol. The molecule has 0 fully saturated rings. The SMILES string of the molecule is COc1cc(/C=C(\C)C(=O)O)cc(OC)c1O. The van der Waals surface area contributed by atoms with E-state index in [4.69, 9.17) is 14.6 Å². The lowest BCUT2D eigenvalue weighted by Gasteiger charge is -2.09. The monoisotopic (exact) mass is 238 g/mol. The van der Waals surface area contributed by atoms with Crippen LogP contribution in [-0.4, -0.2) is 30.4 Å². The van der Waals surface area contributed by atoms with Gasteiger partial charge in [0.25, 0.3) is 0 Å². The number of ether oxygens (including phenoxy) is 2. The number of carboxylic acid groups (broad SMARTS) is 1. The Hall–Kier alpha value is -2.17. The lowest BCUT2D eigenvalue weighted by molar-refractivity contribution is -0.132. The van der Waals surface area contributed by atoms with Crippen molar-refractivity contribution in [2.24, 2.45) is 0 Å². The first-order valence-electron chi connectivity index (χ1n) is 4.86. The van der Waals surface area contributed by atoms with Gasteiger partial charge in [-0.15, -0.1) is 0 Å². The lowest BCUT2D eigenvalue weighted by atomic mass is 10.1. The van der Waals surface area contributed by atoms with Crippen molar-refractivity contribution in [3.63, 3.8) is 0 Å². The molecule has 0 amide bonds. The molecule has 5 nitrogen and oxygen atoms in total. The normalized spacial score (nSPS) is 11.1. The molecule has 2 N–H and O–H groups in total. The Labute approximate surface area is 98.9 Å². The largest absolute Gasteiger partial charge is 0.502 e. The van der Waals surface area contributed by atoms with Crippen LogP contribution < -0.4 is 9.47 Å². The highest BCUT2D eigenvalue weighted by Gasteiger charge is 2.11. The van der Waals surface area contributed by atoms with E-state index in [2.05, 4.69) is 0 Å². The lowest BCUT2D eigenvalue weighted by Crippen LogP contribution is -1.96. The number of hydrogen-bond donors (Lipinski definition) is 2. The molecule has 17 heavy (non-hydrogen) atoms. The van der Waals surface area contributed by atoms with Crippen molar-refractivity contribution in [1.82, 2.24) is 0 Å². The summed E-state index contributed by atoms with van der Waals surface area (Å²) in [4.78, 5) is 10.7. The van der Waals surface area contributed by atoms with Gasteiger partial charge in [-0.2, -0.15) is 0 Å². The Morgan fingerprint density at radius 3 is 2.06 bits per heavy atom. The summed E-state index contributed by atoms with van der Waals surface area (Å²) in [5, 5.41) is 18.4. The van der Waals surface area contributed by atoms with E-state index >= 15 is 0 Å². The topological polar surface area (TPSA) is 76.0 Å². The second kappa shape index (κ2) is 5.25. The van der Waals surface area contributed by atoms with Crippen LogP contribution in [0.2, 0.25) is 0 Å². The molecule has 0 aromatic heterocycles. The summed E-state index contributed by atoms with van der Waals surface area (Å²) < 4.78 is 9.93. The Morgan fingerprint density at radius 2 is 1.71 bits per heavy atom. The first-order valence-corrected chi connectivity index (χ1v) is 4.86.